The number of alkyl halides is 6. The van der Waals surface area contributed by atoms with Crippen LogP contribution in [0.5, 0.6) is 0 Å². The predicted molar refractivity (Wildman–Crippen MR) is 56.4 cm³/mol. The molecule has 104 valence electrons. The van der Waals surface area contributed by atoms with Crippen molar-refractivity contribution in [3.63, 3.8) is 0 Å². The van der Waals surface area contributed by atoms with Gasteiger partial charge in [-0.25, -0.2) is 0 Å². The van der Waals surface area contributed by atoms with Crippen LogP contribution in [0, 0.1) is 6.92 Å². The molecule has 0 fully saturated rings. The Morgan fingerprint density at radius 2 is 1.56 bits per heavy atom. The Morgan fingerprint density at radius 3 is 1.89 bits per heavy atom. The van der Waals surface area contributed by atoms with Gasteiger partial charge in [-0.05, 0) is 24.1 Å². The largest absolute Gasteiger partial charge is 0.416 e. The third kappa shape index (κ3) is 3.78. The molecule has 0 aliphatic carbocycles. The summed E-state index contributed by atoms with van der Waals surface area (Å²) in [4.78, 5) is 0. The lowest BCUT2D eigenvalue weighted by molar-refractivity contribution is -0.149. The fourth-order valence-corrected chi connectivity index (χ4v) is 1.39. The van der Waals surface area contributed by atoms with Crippen LogP contribution in [0.1, 0.15) is 22.7 Å². The van der Waals surface area contributed by atoms with Gasteiger partial charge in [0.25, 0.3) is 0 Å². The van der Waals surface area contributed by atoms with Crippen molar-refractivity contribution >= 4 is 12.4 Å². The van der Waals surface area contributed by atoms with Crippen molar-refractivity contribution in [3.8, 4) is 0 Å². The molecular weight excluding hydrogens is 284 g/mol. The van der Waals surface area contributed by atoms with Gasteiger partial charge in [-0.1, -0.05) is 12.1 Å². The first kappa shape index (κ1) is 17.1. The maximum absolute atomic E-state index is 12.4. The molecule has 1 rings (SSSR count). The Kier molecular flexibility index (Phi) is 5.07. The minimum absolute atomic E-state index is 0. The van der Waals surface area contributed by atoms with Crippen LogP contribution in [0.2, 0.25) is 0 Å². The smallest absolute Gasteiger partial charge is 0.316 e. The van der Waals surface area contributed by atoms with E-state index < -0.39 is 24.0 Å². The molecule has 0 saturated carbocycles. The Morgan fingerprint density at radius 1 is 1.06 bits per heavy atom. The van der Waals surface area contributed by atoms with Crippen molar-refractivity contribution in [1.82, 2.24) is 0 Å². The van der Waals surface area contributed by atoms with Gasteiger partial charge in [0.2, 0.25) is 0 Å². The van der Waals surface area contributed by atoms with Gasteiger partial charge in [-0.15, -0.1) is 12.4 Å². The molecule has 0 saturated heterocycles. The molecule has 0 aromatic heterocycles. The van der Waals surface area contributed by atoms with E-state index >= 15 is 0 Å². The van der Waals surface area contributed by atoms with Crippen molar-refractivity contribution in [2.45, 2.75) is 25.3 Å². The molecule has 0 aliphatic heterocycles. The number of halogens is 7. The topological polar surface area (TPSA) is 26.0 Å². The highest BCUT2D eigenvalue weighted by atomic mass is 35.5. The fraction of sp³-hybridized carbons (Fsp3) is 0.400. The summed E-state index contributed by atoms with van der Waals surface area (Å²) in [5, 5.41) is 0. The van der Waals surface area contributed by atoms with Crippen LogP contribution in [0.3, 0.4) is 0 Å². The van der Waals surface area contributed by atoms with Crippen LogP contribution in [0.15, 0.2) is 18.2 Å². The highest BCUT2D eigenvalue weighted by molar-refractivity contribution is 5.85. The maximum atomic E-state index is 12.4. The van der Waals surface area contributed by atoms with Gasteiger partial charge in [-0.2, -0.15) is 26.3 Å². The van der Waals surface area contributed by atoms with E-state index in [4.69, 9.17) is 5.73 Å². The van der Waals surface area contributed by atoms with Gasteiger partial charge in [0.1, 0.15) is 6.04 Å². The molecule has 1 nitrogen and oxygen atoms in total. The van der Waals surface area contributed by atoms with Crippen molar-refractivity contribution in [2.24, 2.45) is 5.73 Å². The predicted octanol–water partition coefficient (Wildman–Crippen LogP) is 4.00. The quantitative estimate of drug-likeness (QED) is 0.778. The number of benzene rings is 1. The Labute approximate surface area is 105 Å². The lowest BCUT2D eigenvalue weighted by atomic mass is 10.0. The SMILES string of the molecule is Cc1cc(C(N)C(F)(F)F)ccc1C(F)(F)F.Cl. The summed E-state index contributed by atoms with van der Waals surface area (Å²) in [7, 11) is 0. The molecule has 0 radical (unpaired) electrons. The molecule has 8 heteroatoms. The zero-order valence-corrected chi connectivity index (χ0v) is 9.88. The molecule has 0 aliphatic rings. The zero-order chi connectivity index (χ0) is 13.4. The Hall–Kier alpha value is -0.950. The van der Waals surface area contributed by atoms with Crippen molar-refractivity contribution < 1.29 is 26.3 Å². The van der Waals surface area contributed by atoms with Crippen LogP contribution in [-0.2, 0) is 6.18 Å². The Bertz CT molecular complexity index is 412. The van der Waals surface area contributed by atoms with Gasteiger partial charge in [0.05, 0.1) is 5.56 Å². The molecule has 2 N–H and O–H groups in total. The second kappa shape index (κ2) is 5.36. The highest BCUT2D eigenvalue weighted by Gasteiger charge is 2.39. The highest BCUT2D eigenvalue weighted by Crippen LogP contribution is 2.35. The average Bonchev–Trinajstić information content (AvgIpc) is 2.12. The van der Waals surface area contributed by atoms with Crippen LogP contribution in [-0.4, -0.2) is 6.18 Å². The summed E-state index contributed by atoms with van der Waals surface area (Å²) in [6.07, 6.45) is -9.25. The molecule has 0 bridgehead atoms. The zero-order valence-electron chi connectivity index (χ0n) is 9.06. The fourth-order valence-electron chi connectivity index (χ4n) is 1.39. The van der Waals surface area contributed by atoms with E-state index in [1.54, 1.807) is 0 Å². The number of aryl methyl sites for hydroxylation is 1. The third-order valence-corrected chi connectivity index (χ3v) is 2.27. The molecule has 18 heavy (non-hydrogen) atoms. The molecule has 0 heterocycles. The van der Waals surface area contributed by atoms with E-state index in [0.717, 1.165) is 19.1 Å². The van der Waals surface area contributed by atoms with Crippen LogP contribution in [0.25, 0.3) is 0 Å². The van der Waals surface area contributed by atoms with Crippen LogP contribution >= 0.6 is 12.4 Å². The number of hydrogen-bond donors (Lipinski definition) is 1. The summed E-state index contributed by atoms with van der Waals surface area (Å²) in [6.45, 7) is 1.09. The van der Waals surface area contributed by atoms with Gasteiger partial charge in [0, 0.05) is 0 Å². The summed E-state index contributed by atoms with van der Waals surface area (Å²) in [5.41, 5.74) is 3.26. The van der Waals surface area contributed by atoms with Crippen molar-refractivity contribution in [1.29, 1.82) is 0 Å². The normalized spacial score (nSPS) is 14.0. The summed E-state index contributed by atoms with van der Waals surface area (Å²) < 4.78 is 73.8. The summed E-state index contributed by atoms with van der Waals surface area (Å²) in [5.74, 6) is 0. The van der Waals surface area contributed by atoms with E-state index in [9.17, 15) is 26.3 Å². The van der Waals surface area contributed by atoms with Crippen LogP contribution in [0.4, 0.5) is 26.3 Å². The molecule has 0 spiro atoms. The number of rotatable bonds is 1. The minimum atomic E-state index is -4.67. The third-order valence-electron chi connectivity index (χ3n) is 2.27. The second-order valence-electron chi connectivity index (χ2n) is 3.59. The molecule has 1 unspecified atom stereocenters. The second-order valence-corrected chi connectivity index (χ2v) is 3.59. The van der Waals surface area contributed by atoms with Crippen LogP contribution < -0.4 is 5.73 Å². The standard InChI is InChI=1S/C10H9F6N.ClH/c1-5-4-6(8(17)10(14,15)16)2-3-7(5)9(11,12)13;/h2-4,8H,17H2,1H3;1H. The van der Waals surface area contributed by atoms with Gasteiger partial charge >= 0.3 is 12.4 Å². The lowest BCUT2D eigenvalue weighted by Crippen LogP contribution is -2.28. The molecule has 0 amide bonds. The lowest BCUT2D eigenvalue weighted by Gasteiger charge is -2.18. The van der Waals surface area contributed by atoms with E-state index in [1.807, 2.05) is 0 Å². The first-order valence-corrected chi connectivity index (χ1v) is 4.53. The van der Waals surface area contributed by atoms with E-state index in [0.29, 0.717) is 6.07 Å². The first-order valence-electron chi connectivity index (χ1n) is 4.53. The minimum Gasteiger partial charge on any atom is -0.316 e. The van der Waals surface area contributed by atoms with E-state index in [2.05, 4.69) is 0 Å². The monoisotopic (exact) mass is 293 g/mol. The average molecular weight is 294 g/mol. The number of nitrogens with two attached hydrogens (primary N) is 1. The van der Waals surface area contributed by atoms with E-state index in [-0.39, 0.29) is 23.5 Å². The molecule has 1 aromatic carbocycles. The molecule has 1 atom stereocenters. The number of hydrogen-bond acceptors (Lipinski definition) is 1. The molecular formula is C10H10ClF6N. The molecule has 1 aromatic rings. The van der Waals surface area contributed by atoms with E-state index in [1.165, 1.54) is 0 Å². The van der Waals surface area contributed by atoms with Gasteiger partial charge in [0.15, 0.2) is 0 Å². The first-order chi connectivity index (χ1) is 7.53. The van der Waals surface area contributed by atoms with Gasteiger partial charge < -0.3 is 5.73 Å². The summed E-state index contributed by atoms with van der Waals surface area (Å²) >= 11 is 0. The summed E-state index contributed by atoms with van der Waals surface area (Å²) in [6, 6.07) is -0.117. The maximum Gasteiger partial charge on any atom is 0.416 e. The van der Waals surface area contributed by atoms with Crippen molar-refractivity contribution in [2.75, 3.05) is 0 Å². The van der Waals surface area contributed by atoms with Crippen molar-refractivity contribution in [3.05, 3.63) is 34.9 Å². The Balaban J connectivity index is 0.00000289. The van der Waals surface area contributed by atoms with Gasteiger partial charge in [-0.3, -0.25) is 0 Å².